The van der Waals surface area contributed by atoms with Gasteiger partial charge in [0.25, 0.3) is 0 Å². The monoisotopic (exact) mass is 459 g/mol. The van der Waals surface area contributed by atoms with Gasteiger partial charge < -0.3 is 19.1 Å². The fraction of sp³-hybridized carbons (Fsp3) is 0.296. The molecule has 5 nitrogen and oxygen atoms in total. The number of ether oxygens (including phenoxy) is 1. The first-order valence-corrected chi connectivity index (χ1v) is 12.3. The molecule has 1 aliphatic heterocycles. The molecule has 5 rings (SSSR count). The molecule has 4 aromatic rings. The Morgan fingerprint density at radius 3 is 2.45 bits per heavy atom. The van der Waals surface area contributed by atoms with Crippen LogP contribution in [-0.4, -0.2) is 48.7 Å². The lowest BCUT2D eigenvalue weighted by atomic mass is 9.93. The van der Waals surface area contributed by atoms with Crippen LogP contribution in [0.1, 0.15) is 22.8 Å². The number of nitrogens with zero attached hydrogens (tertiary/aromatic N) is 3. The molecule has 6 heteroatoms. The maximum atomic E-state index is 13.4. The first-order chi connectivity index (χ1) is 16.1. The number of hydrogen-bond acceptors (Lipinski definition) is 4. The van der Waals surface area contributed by atoms with Gasteiger partial charge in [-0.25, -0.2) is 0 Å². The largest absolute Gasteiger partial charge is 0.497 e. The number of fused-ring (bicyclic) bond motifs is 1. The van der Waals surface area contributed by atoms with E-state index in [0.717, 1.165) is 31.9 Å². The van der Waals surface area contributed by atoms with E-state index in [-0.39, 0.29) is 11.8 Å². The van der Waals surface area contributed by atoms with Gasteiger partial charge in [-0.15, -0.1) is 11.3 Å². The van der Waals surface area contributed by atoms with E-state index in [1.54, 1.807) is 18.4 Å². The average Bonchev–Trinajstić information content (AvgIpc) is 3.51. The summed E-state index contributed by atoms with van der Waals surface area (Å²) in [5.74, 6) is 1.17. The molecule has 0 radical (unpaired) electrons. The molecular weight excluding hydrogens is 430 g/mol. The number of methoxy groups -OCH3 is 1. The van der Waals surface area contributed by atoms with Gasteiger partial charge >= 0.3 is 0 Å². The van der Waals surface area contributed by atoms with E-state index < -0.39 is 0 Å². The Hall–Kier alpha value is -3.25. The lowest BCUT2D eigenvalue weighted by molar-refractivity contribution is -0.131. The SMILES string of the molecule is COc1ccc(N2CCN(C(=O)CC(c3cccs3)c3cn(C)c4ccccc34)CC2)cc1. The molecule has 0 saturated carbocycles. The summed E-state index contributed by atoms with van der Waals surface area (Å²) in [6.45, 7) is 3.18. The Morgan fingerprint density at radius 2 is 1.76 bits per heavy atom. The summed E-state index contributed by atoms with van der Waals surface area (Å²) < 4.78 is 7.44. The quantitative estimate of drug-likeness (QED) is 0.402. The Balaban J connectivity index is 1.31. The topological polar surface area (TPSA) is 37.7 Å². The number of anilines is 1. The third-order valence-electron chi connectivity index (χ3n) is 6.64. The second-order valence-electron chi connectivity index (χ2n) is 8.55. The third-order valence-corrected chi connectivity index (χ3v) is 7.62. The number of carbonyl (C=O) groups is 1. The number of amides is 1. The van der Waals surface area contributed by atoms with Crippen LogP contribution in [-0.2, 0) is 11.8 Å². The number of rotatable bonds is 6. The standard InChI is InChI=1S/C27H29N3O2S/c1-28-19-24(22-6-3-4-7-25(22)28)23(26-8-5-17-33-26)18-27(31)30-15-13-29(14-16-30)20-9-11-21(32-2)12-10-20/h3-12,17,19,23H,13-16,18H2,1-2H3. The summed E-state index contributed by atoms with van der Waals surface area (Å²) in [4.78, 5) is 19.1. The lowest BCUT2D eigenvalue weighted by Crippen LogP contribution is -2.49. The van der Waals surface area contributed by atoms with E-state index in [2.05, 4.69) is 76.6 Å². The van der Waals surface area contributed by atoms with Gasteiger partial charge in [-0.1, -0.05) is 24.3 Å². The van der Waals surface area contributed by atoms with Crippen LogP contribution >= 0.6 is 11.3 Å². The van der Waals surface area contributed by atoms with Crippen LogP contribution in [0.15, 0.2) is 72.2 Å². The van der Waals surface area contributed by atoms with Crippen LogP contribution < -0.4 is 9.64 Å². The van der Waals surface area contributed by atoms with Crippen LogP contribution in [0.25, 0.3) is 10.9 Å². The fourth-order valence-corrected chi connectivity index (χ4v) is 5.66. The molecule has 1 aliphatic rings. The van der Waals surface area contributed by atoms with Gasteiger partial charge in [0.1, 0.15) is 5.75 Å². The van der Waals surface area contributed by atoms with Gasteiger partial charge in [0.05, 0.1) is 7.11 Å². The van der Waals surface area contributed by atoms with Gasteiger partial charge in [-0.3, -0.25) is 4.79 Å². The van der Waals surface area contributed by atoms with Crippen molar-refractivity contribution >= 4 is 33.8 Å². The molecule has 0 bridgehead atoms. The van der Waals surface area contributed by atoms with Crippen molar-refractivity contribution in [3.8, 4) is 5.75 Å². The third kappa shape index (κ3) is 4.35. The molecule has 1 unspecified atom stereocenters. The van der Waals surface area contributed by atoms with Crippen molar-refractivity contribution in [2.75, 3.05) is 38.2 Å². The normalized spacial score (nSPS) is 15.1. The molecule has 1 fully saturated rings. The molecular formula is C27H29N3O2S. The maximum Gasteiger partial charge on any atom is 0.223 e. The van der Waals surface area contributed by atoms with Crippen molar-refractivity contribution < 1.29 is 9.53 Å². The molecule has 33 heavy (non-hydrogen) atoms. The smallest absolute Gasteiger partial charge is 0.223 e. The maximum absolute atomic E-state index is 13.4. The molecule has 0 N–H and O–H groups in total. The van der Waals surface area contributed by atoms with E-state index in [1.165, 1.54) is 27.0 Å². The number of aryl methyl sites for hydroxylation is 1. The number of benzene rings is 2. The van der Waals surface area contributed by atoms with Gasteiger partial charge in [-0.05, 0) is 47.3 Å². The number of aromatic nitrogens is 1. The summed E-state index contributed by atoms with van der Waals surface area (Å²) in [6.07, 6.45) is 2.70. The van der Waals surface area contributed by atoms with Crippen molar-refractivity contribution in [2.24, 2.45) is 7.05 Å². The van der Waals surface area contributed by atoms with Gasteiger partial charge in [-0.2, -0.15) is 0 Å². The Bertz CT molecular complexity index is 1220. The van der Waals surface area contributed by atoms with Crippen LogP contribution in [0.5, 0.6) is 5.75 Å². The van der Waals surface area contributed by atoms with Crippen molar-refractivity contribution in [3.05, 3.63) is 82.7 Å². The second-order valence-corrected chi connectivity index (χ2v) is 9.53. The Labute approximate surface area is 198 Å². The minimum absolute atomic E-state index is 0.0724. The van der Waals surface area contributed by atoms with Crippen molar-refractivity contribution in [1.82, 2.24) is 9.47 Å². The summed E-state index contributed by atoms with van der Waals surface area (Å²) >= 11 is 1.73. The molecule has 0 spiro atoms. The van der Waals surface area contributed by atoms with Crippen LogP contribution in [0.4, 0.5) is 5.69 Å². The molecule has 170 valence electrons. The highest BCUT2D eigenvalue weighted by Gasteiger charge is 2.27. The Morgan fingerprint density at radius 1 is 1.00 bits per heavy atom. The molecule has 0 aliphatic carbocycles. The summed E-state index contributed by atoms with van der Waals surface area (Å²) in [5, 5.41) is 3.33. The van der Waals surface area contributed by atoms with Crippen molar-refractivity contribution in [3.63, 3.8) is 0 Å². The molecule has 1 saturated heterocycles. The van der Waals surface area contributed by atoms with Gasteiger partial charge in [0.2, 0.25) is 5.91 Å². The average molecular weight is 460 g/mol. The summed E-state index contributed by atoms with van der Waals surface area (Å²) in [6, 6.07) is 20.9. The molecule has 1 atom stereocenters. The zero-order chi connectivity index (χ0) is 22.8. The zero-order valence-electron chi connectivity index (χ0n) is 19.1. The highest BCUT2D eigenvalue weighted by molar-refractivity contribution is 7.10. The lowest BCUT2D eigenvalue weighted by Gasteiger charge is -2.36. The minimum Gasteiger partial charge on any atom is -0.497 e. The van der Waals surface area contributed by atoms with Crippen LogP contribution in [0.2, 0.25) is 0 Å². The van der Waals surface area contributed by atoms with Crippen molar-refractivity contribution in [2.45, 2.75) is 12.3 Å². The van der Waals surface area contributed by atoms with Gasteiger partial charge in [0, 0.05) is 73.2 Å². The van der Waals surface area contributed by atoms with E-state index >= 15 is 0 Å². The second kappa shape index (κ2) is 9.32. The number of piperazine rings is 1. The van der Waals surface area contributed by atoms with E-state index in [4.69, 9.17) is 4.74 Å². The molecule has 1 amide bonds. The first-order valence-electron chi connectivity index (χ1n) is 11.4. The minimum atomic E-state index is 0.0724. The van der Waals surface area contributed by atoms with E-state index in [1.807, 2.05) is 17.0 Å². The zero-order valence-corrected chi connectivity index (χ0v) is 19.9. The highest BCUT2D eigenvalue weighted by Crippen LogP contribution is 2.37. The Kier molecular flexibility index (Phi) is 6.09. The van der Waals surface area contributed by atoms with Crippen LogP contribution in [0, 0.1) is 0 Å². The number of para-hydroxylation sites is 1. The summed E-state index contributed by atoms with van der Waals surface area (Å²) in [5.41, 5.74) is 3.62. The van der Waals surface area contributed by atoms with E-state index in [0.29, 0.717) is 6.42 Å². The highest BCUT2D eigenvalue weighted by atomic mass is 32.1. The number of carbonyl (C=O) groups excluding carboxylic acids is 1. The fourth-order valence-electron chi connectivity index (χ4n) is 4.81. The van der Waals surface area contributed by atoms with Gasteiger partial charge in [0.15, 0.2) is 0 Å². The predicted octanol–water partition coefficient (Wildman–Crippen LogP) is 5.12. The first kappa shape index (κ1) is 21.6. The van der Waals surface area contributed by atoms with Crippen molar-refractivity contribution in [1.29, 1.82) is 0 Å². The summed E-state index contributed by atoms with van der Waals surface area (Å²) in [7, 11) is 3.76. The predicted molar refractivity (Wildman–Crippen MR) is 135 cm³/mol. The molecule has 2 aromatic heterocycles. The van der Waals surface area contributed by atoms with E-state index in [9.17, 15) is 4.79 Å². The number of thiophene rings is 1. The molecule has 3 heterocycles. The van der Waals surface area contributed by atoms with Crippen LogP contribution in [0.3, 0.4) is 0 Å². The number of hydrogen-bond donors (Lipinski definition) is 0. The molecule has 2 aromatic carbocycles.